The molecule has 21 heavy (non-hydrogen) atoms. The van der Waals surface area contributed by atoms with Gasteiger partial charge in [0.05, 0.1) is 5.02 Å². The number of hydrogen-bond acceptors (Lipinski definition) is 3. The number of ether oxygens (including phenoxy) is 1. The zero-order chi connectivity index (χ0) is 15.4. The van der Waals surface area contributed by atoms with Crippen molar-refractivity contribution in [1.29, 1.82) is 0 Å². The molecule has 2 aromatic rings. The van der Waals surface area contributed by atoms with Gasteiger partial charge in [0.25, 0.3) is 0 Å². The molecule has 0 aliphatic heterocycles. The highest BCUT2D eigenvalue weighted by atomic mass is 35.5. The predicted octanol–water partition coefficient (Wildman–Crippen LogP) is 4.92. The average molecular weight is 327 g/mol. The lowest BCUT2D eigenvalue weighted by molar-refractivity contribution is 0.359. The summed E-state index contributed by atoms with van der Waals surface area (Å²) in [5.74, 6) is 0.418. The van der Waals surface area contributed by atoms with Gasteiger partial charge >= 0.3 is 5.63 Å². The fraction of sp³-hybridized carbons (Fsp3) is 0.312. The number of benzene rings is 1. The van der Waals surface area contributed by atoms with E-state index in [-0.39, 0.29) is 12.2 Å². The van der Waals surface area contributed by atoms with Gasteiger partial charge in [-0.1, -0.05) is 43.1 Å². The first kappa shape index (κ1) is 15.9. The summed E-state index contributed by atoms with van der Waals surface area (Å²) in [5.41, 5.74) is 1.04. The quantitative estimate of drug-likeness (QED) is 0.707. The van der Waals surface area contributed by atoms with E-state index in [0.29, 0.717) is 21.4 Å². The molecular weight excluding hydrogens is 311 g/mol. The fourth-order valence-electron chi connectivity index (χ4n) is 2.07. The van der Waals surface area contributed by atoms with Crippen molar-refractivity contribution >= 4 is 34.2 Å². The maximum absolute atomic E-state index is 11.7. The van der Waals surface area contributed by atoms with Gasteiger partial charge in [0.1, 0.15) is 17.9 Å². The minimum absolute atomic E-state index is 0.145. The topological polar surface area (TPSA) is 39.4 Å². The van der Waals surface area contributed by atoms with Gasteiger partial charge in [-0.2, -0.15) is 0 Å². The third-order valence-electron chi connectivity index (χ3n) is 3.07. The van der Waals surface area contributed by atoms with E-state index < -0.39 is 0 Å². The molecule has 1 aromatic carbocycles. The van der Waals surface area contributed by atoms with Crippen LogP contribution in [-0.2, 0) is 6.42 Å². The van der Waals surface area contributed by atoms with Crippen LogP contribution in [0.4, 0.5) is 0 Å². The Kier molecular flexibility index (Phi) is 5.32. The molecule has 0 N–H and O–H groups in total. The zero-order valence-electron chi connectivity index (χ0n) is 11.7. The summed E-state index contributed by atoms with van der Waals surface area (Å²) in [4.78, 5) is 11.7. The van der Waals surface area contributed by atoms with E-state index in [1.54, 1.807) is 12.1 Å². The predicted molar refractivity (Wildman–Crippen MR) is 86.6 cm³/mol. The van der Waals surface area contributed by atoms with Crippen molar-refractivity contribution in [3.8, 4) is 5.75 Å². The van der Waals surface area contributed by atoms with Crippen LogP contribution in [0.2, 0.25) is 5.02 Å². The van der Waals surface area contributed by atoms with E-state index >= 15 is 0 Å². The van der Waals surface area contributed by atoms with Crippen LogP contribution in [0.15, 0.2) is 39.0 Å². The van der Waals surface area contributed by atoms with Gasteiger partial charge < -0.3 is 9.15 Å². The Labute approximate surface area is 133 Å². The monoisotopic (exact) mass is 326 g/mol. The van der Waals surface area contributed by atoms with Crippen LogP contribution in [0.1, 0.15) is 25.3 Å². The molecule has 0 saturated carbocycles. The Morgan fingerprint density at radius 1 is 1.38 bits per heavy atom. The lowest BCUT2D eigenvalue weighted by Crippen LogP contribution is -2.02. The molecule has 0 fully saturated rings. The number of fused-ring (bicyclic) bond motifs is 1. The second kappa shape index (κ2) is 7.01. The summed E-state index contributed by atoms with van der Waals surface area (Å²) in [6.45, 7) is 5.80. The van der Waals surface area contributed by atoms with Gasteiger partial charge in [-0.15, -0.1) is 0 Å². The van der Waals surface area contributed by atoms with E-state index in [0.717, 1.165) is 30.2 Å². The first-order chi connectivity index (χ1) is 10.0. The summed E-state index contributed by atoms with van der Waals surface area (Å²) < 4.78 is 10.7. The Morgan fingerprint density at radius 3 is 2.81 bits per heavy atom. The fourth-order valence-corrected chi connectivity index (χ4v) is 2.34. The van der Waals surface area contributed by atoms with Crippen molar-refractivity contribution in [2.75, 3.05) is 6.61 Å². The minimum atomic E-state index is -0.372. The van der Waals surface area contributed by atoms with Crippen LogP contribution in [-0.4, -0.2) is 6.61 Å². The van der Waals surface area contributed by atoms with E-state index in [4.69, 9.17) is 32.4 Å². The summed E-state index contributed by atoms with van der Waals surface area (Å²) >= 11 is 11.9. The molecular formula is C16H16Cl2O3. The molecule has 0 spiro atoms. The molecule has 3 nitrogen and oxygen atoms in total. The molecule has 112 valence electrons. The Balaban J connectivity index is 2.47. The maximum atomic E-state index is 11.7. The Bertz CT molecular complexity index is 719. The van der Waals surface area contributed by atoms with Gasteiger partial charge in [0.15, 0.2) is 0 Å². The van der Waals surface area contributed by atoms with Crippen molar-refractivity contribution in [3.63, 3.8) is 0 Å². The first-order valence-electron chi connectivity index (χ1n) is 6.73. The lowest BCUT2D eigenvalue weighted by atomic mass is 10.0. The van der Waals surface area contributed by atoms with E-state index in [1.165, 1.54) is 6.07 Å². The minimum Gasteiger partial charge on any atom is -0.486 e. The van der Waals surface area contributed by atoms with Crippen molar-refractivity contribution in [3.05, 3.63) is 50.8 Å². The highest BCUT2D eigenvalue weighted by molar-refractivity contribution is 6.33. The molecule has 1 aromatic heterocycles. The first-order valence-corrected chi connectivity index (χ1v) is 7.49. The van der Waals surface area contributed by atoms with Gasteiger partial charge in [0.2, 0.25) is 0 Å². The van der Waals surface area contributed by atoms with Crippen molar-refractivity contribution in [2.45, 2.75) is 26.2 Å². The average Bonchev–Trinajstić information content (AvgIpc) is 2.43. The van der Waals surface area contributed by atoms with E-state index in [1.807, 2.05) is 0 Å². The third-order valence-corrected chi connectivity index (χ3v) is 3.47. The third kappa shape index (κ3) is 4.02. The summed E-state index contributed by atoms with van der Waals surface area (Å²) in [5, 5.41) is 1.65. The molecule has 0 atom stereocenters. The molecule has 0 amide bonds. The largest absolute Gasteiger partial charge is 0.486 e. The van der Waals surface area contributed by atoms with Crippen LogP contribution in [0.5, 0.6) is 5.75 Å². The van der Waals surface area contributed by atoms with E-state index in [9.17, 15) is 4.79 Å². The summed E-state index contributed by atoms with van der Waals surface area (Å²) in [6.07, 6.45) is 2.86. The number of aryl methyl sites for hydroxylation is 1. The van der Waals surface area contributed by atoms with Crippen molar-refractivity contribution < 1.29 is 9.15 Å². The molecule has 0 bridgehead atoms. The van der Waals surface area contributed by atoms with Gasteiger partial charge in [-0.25, -0.2) is 4.79 Å². The number of rotatable bonds is 6. The molecule has 0 aliphatic rings. The van der Waals surface area contributed by atoms with Crippen LogP contribution in [0.3, 0.4) is 0 Å². The van der Waals surface area contributed by atoms with Crippen molar-refractivity contribution in [2.24, 2.45) is 0 Å². The van der Waals surface area contributed by atoms with Crippen LogP contribution in [0.25, 0.3) is 11.0 Å². The molecule has 0 radical (unpaired) electrons. The summed E-state index contributed by atoms with van der Waals surface area (Å²) in [6, 6.07) is 4.90. The number of halogens is 2. The van der Waals surface area contributed by atoms with Crippen LogP contribution >= 0.6 is 23.2 Å². The summed E-state index contributed by atoms with van der Waals surface area (Å²) in [7, 11) is 0. The second-order valence-electron chi connectivity index (χ2n) is 4.78. The molecule has 2 rings (SSSR count). The van der Waals surface area contributed by atoms with Gasteiger partial charge in [-0.05, 0) is 24.5 Å². The molecule has 0 unspecified atom stereocenters. The highest BCUT2D eigenvalue weighted by Gasteiger charge is 2.11. The van der Waals surface area contributed by atoms with Crippen LogP contribution < -0.4 is 10.4 Å². The Morgan fingerprint density at radius 2 is 2.14 bits per heavy atom. The Hall–Kier alpha value is -1.45. The number of hydrogen-bond donors (Lipinski definition) is 0. The lowest BCUT2D eigenvalue weighted by Gasteiger charge is -2.10. The highest BCUT2D eigenvalue weighted by Crippen LogP contribution is 2.32. The van der Waals surface area contributed by atoms with E-state index in [2.05, 4.69) is 13.5 Å². The SMILES string of the molecule is C=C(Cl)COc1cc2oc(=O)cc(CCCC)c2cc1Cl. The molecule has 0 saturated heterocycles. The van der Waals surface area contributed by atoms with Gasteiger partial charge in [-0.3, -0.25) is 0 Å². The van der Waals surface area contributed by atoms with Gasteiger partial charge in [0, 0.05) is 22.6 Å². The smallest absolute Gasteiger partial charge is 0.336 e. The van der Waals surface area contributed by atoms with Crippen molar-refractivity contribution in [1.82, 2.24) is 0 Å². The van der Waals surface area contributed by atoms with Crippen LogP contribution in [0, 0.1) is 0 Å². The molecule has 1 heterocycles. The maximum Gasteiger partial charge on any atom is 0.336 e. The zero-order valence-corrected chi connectivity index (χ0v) is 13.3. The normalized spacial score (nSPS) is 10.8. The standard InChI is InChI=1S/C16H16Cl2O3/c1-3-4-5-11-6-16(19)21-14-8-15(20-9-10(2)17)13(18)7-12(11)14/h6-8H,2-5,9H2,1H3. The molecule has 5 heteroatoms. The number of unbranched alkanes of at least 4 members (excludes halogenated alkanes) is 1. The molecule has 0 aliphatic carbocycles. The second-order valence-corrected chi connectivity index (χ2v) is 5.72.